The lowest BCUT2D eigenvalue weighted by molar-refractivity contribution is 0.102. The number of amides is 1. The highest BCUT2D eigenvalue weighted by Gasteiger charge is 2.19. The van der Waals surface area contributed by atoms with Crippen LogP contribution in [0.5, 0.6) is 0 Å². The van der Waals surface area contributed by atoms with Crippen molar-refractivity contribution in [3.63, 3.8) is 0 Å². The fraction of sp³-hybridized carbons (Fsp3) is 0.120. The number of para-hydroxylation sites is 1. The van der Waals surface area contributed by atoms with E-state index in [0.717, 1.165) is 39.0 Å². The number of carbonyl (C=O) groups excluding carboxylic acids is 1. The van der Waals surface area contributed by atoms with E-state index in [2.05, 4.69) is 12.2 Å². The van der Waals surface area contributed by atoms with Gasteiger partial charge in [-0.05, 0) is 67.8 Å². The highest BCUT2D eigenvalue weighted by Crippen LogP contribution is 2.31. The Bertz CT molecular complexity index is 1230. The third-order valence-corrected chi connectivity index (χ3v) is 5.50. The molecule has 1 aromatic heterocycles. The molecule has 4 aromatic rings. The van der Waals surface area contributed by atoms with E-state index in [-0.39, 0.29) is 5.91 Å². The Morgan fingerprint density at radius 3 is 2.34 bits per heavy atom. The van der Waals surface area contributed by atoms with Gasteiger partial charge in [0.05, 0.1) is 16.8 Å². The number of nitrogens with zero attached hydrogens (tertiary/aromatic N) is 1. The number of carbonyl (C=O) groups is 1. The van der Waals surface area contributed by atoms with Crippen LogP contribution < -0.4 is 5.32 Å². The van der Waals surface area contributed by atoms with E-state index >= 15 is 0 Å². The Hall–Kier alpha value is -3.17. The lowest BCUT2D eigenvalue weighted by atomic mass is 9.97. The van der Waals surface area contributed by atoms with Crippen molar-refractivity contribution in [2.75, 3.05) is 5.32 Å². The van der Waals surface area contributed by atoms with Gasteiger partial charge in [0.2, 0.25) is 0 Å². The molecule has 0 atom stereocenters. The van der Waals surface area contributed by atoms with E-state index in [1.54, 1.807) is 0 Å². The molecule has 0 aliphatic rings. The number of pyridine rings is 1. The predicted octanol–water partition coefficient (Wildman–Crippen LogP) is 6.73. The number of hydrogen-bond donors (Lipinski definition) is 1. The van der Waals surface area contributed by atoms with Gasteiger partial charge in [-0.25, -0.2) is 4.98 Å². The van der Waals surface area contributed by atoms with Crippen LogP contribution in [0.1, 0.15) is 27.0 Å². The Kier molecular flexibility index (Phi) is 5.08. The van der Waals surface area contributed by atoms with Crippen LogP contribution in [0, 0.1) is 20.8 Å². The van der Waals surface area contributed by atoms with E-state index in [1.165, 1.54) is 5.56 Å². The van der Waals surface area contributed by atoms with Crippen LogP contribution in [-0.2, 0) is 0 Å². The van der Waals surface area contributed by atoms with Crippen LogP contribution in [0.4, 0.5) is 5.69 Å². The first-order valence-corrected chi connectivity index (χ1v) is 9.86. The zero-order valence-electron chi connectivity index (χ0n) is 16.6. The largest absolute Gasteiger partial charge is 0.322 e. The quantitative estimate of drug-likeness (QED) is 0.414. The van der Waals surface area contributed by atoms with Crippen molar-refractivity contribution in [3.05, 3.63) is 94.0 Å². The van der Waals surface area contributed by atoms with Crippen LogP contribution in [0.3, 0.4) is 0 Å². The molecule has 1 N–H and O–H groups in total. The summed E-state index contributed by atoms with van der Waals surface area (Å²) in [6.45, 7) is 6.04. The fourth-order valence-corrected chi connectivity index (χ4v) is 3.63. The molecule has 1 heterocycles. The van der Waals surface area contributed by atoms with Crippen molar-refractivity contribution < 1.29 is 4.79 Å². The van der Waals surface area contributed by atoms with Crippen molar-refractivity contribution in [1.29, 1.82) is 0 Å². The first-order valence-electron chi connectivity index (χ1n) is 9.48. The van der Waals surface area contributed by atoms with Gasteiger partial charge in [0.25, 0.3) is 5.91 Å². The Morgan fingerprint density at radius 2 is 1.62 bits per heavy atom. The van der Waals surface area contributed by atoms with E-state index in [9.17, 15) is 4.79 Å². The number of fused-ring (bicyclic) bond motifs is 1. The number of anilines is 1. The molecule has 0 spiro atoms. The molecule has 0 unspecified atom stereocenters. The maximum Gasteiger partial charge on any atom is 0.256 e. The monoisotopic (exact) mass is 400 g/mol. The van der Waals surface area contributed by atoms with Gasteiger partial charge >= 0.3 is 0 Å². The lowest BCUT2D eigenvalue weighted by Gasteiger charge is -2.15. The molecule has 0 fully saturated rings. The molecular weight excluding hydrogens is 380 g/mol. The summed E-state index contributed by atoms with van der Waals surface area (Å²) in [5, 5.41) is 4.56. The van der Waals surface area contributed by atoms with Crippen molar-refractivity contribution in [2.45, 2.75) is 20.8 Å². The second-order valence-electron chi connectivity index (χ2n) is 7.24. The van der Waals surface area contributed by atoms with Gasteiger partial charge in [-0.1, -0.05) is 48.0 Å². The Labute approximate surface area is 175 Å². The molecule has 0 aliphatic carbocycles. The predicted molar refractivity (Wildman–Crippen MR) is 121 cm³/mol. The highest BCUT2D eigenvalue weighted by atomic mass is 35.5. The molecule has 29 heavy (non-hydrogen) atoms. The summed E-state index contributed by atoms with van der Waals surface area (Å²) in [5.74, 6) is -0.139. The number of nitrogens with one attached hydrogen (secondary N) is 1. The van der Waals surface area contributed by atoms with Gasteiger partial charge in [-0.15, -0.1) is 0 Å². The number of halogens is 1. The maximum absolute atomic E-state index is 13.3. The molecule has 3 aromatic carbocycles. The van der Waals surface area contributed by atoms with Gasteiger partial charge < -0.3 is 5.32 Å². The van der Waals surface area contributed by atoms with Crippen LogP contribution in [0.2, 0.25) is 5.02 Å². The number of rotatable bonds is 3. The van der Waals surface area contributed by atoms with Crippen LogP contribution in [0.25, 0.3) is 22.2 Å². The van der Waals surface area contributed by atoms with E-state index in [1.807, 2.05) is 80.6 Å². The number of aromatic nitrogens is 1. The molecule has 0 bridgehead atoms. The van der Waals surface area contributed by atoms with Crippen LogP contribution >= 0.6 is 11.6 Å². The molecule has 4 heteroatoms. The molecule has 1 amide bonds. The highest BCUT2D eigenvalue weighted by molar-refractivity contribution is 6.30. The first-order chi connectivity index (χ1) is 13.9. The van der Waals surface area contributed by atoms with Crippen LogP contribution in [0.15, 0.2) is 66.7 Å². The summed E-state index contributed by atoms with van der Waals surface area (Å²) in [7, 11) is 0. The van der Waals surface area contributed by atoms with Crippen LogP contribution in [-0.4, -0.2) is 10.9 Å². The summed E-state index contributed by atoms with van der Waals surface area (Å²) < 4.78 is 0. The molecule has 4 rings (SSSR count). The van der Waals surface area contributed by atoms with Gasteiger partial charge in [0.15, 0.2) is 0 Å². The average Bonchev–Trinajstić information content (AvgIpc) is 2.71. The maximum atomic E-state index is 13.3. The van der Waals surface area contributed by atoms with Gasteiger partial charge in [0.1, 0.15) is 0 Å². The molecule has 144 valence electrons. The minimum Gasteiger partial charge on any atom is -0.322 e. The van der Waals surface area contributed by atoms with Gasteiger partial charge in [-0.3, -0.25) is 4.79 Å². The van der Waals surface area contributed by atoms with Crippen molar-refractivity contribution >= 4 is 34.1 Å². The van der Waals surface area contributed by atoms with Gasteiger partial charge in [0, 0.05) is 21.7 Å². The minimum absolute atomic E-state index is 0.139. The summed E-state index contributed by atoms with van der Waals surface area (Å²) >= 11 is 6.05. The molecule has 0 radical (unpaired) electrons. The number of benzene rings is 3. The summed E-state index contributed by atoms with van der Waals surface area (Å²) in [4.78, 5) is 18.2. The molecule has 3 nitrogen and oxygen atoms in total. The third kappa shape index (κ3) is 3.74. The lowest BCUT2D eigenvalue weighted by Crippen LogP contribution is -2.15. The topological polar surface area (TPSA) is 42.0 Å². The molecule has 0 saturated carbocycles. The normalized spacial score (nSPS) is 10.9. The second-order valence-corrected chi connectivity index (χ2v) is 7.67. The summed E-state index contributed by atoms with van der Waals surface area (Å²) in [5.41, 5.74) is 7.09. The zero-order chi connectivity index (χ0) is 20.5. The van der Waals surface area contributed by atoms with E-state index in [4.69, 9.17) is 16.6 Å². The molecule has 0 aliphatic heterocycles. The Morgan fingerprint density at radius 1 is 0.897 bits per heavy atom. The van der Waals surface area contributed by atoms with Crippen molar-refractivity contribution in [3.8, 4) is 11.3 Å². The Balaban J connectivity index is 1.85. The number of hydrogen-bond acceptors (Lipinski definition) is 2. The number of aryl methyl sites for hydroxylation is 2. The smallest absolute Gasteiger partial charge is 0.256 e. The average molecular weight is 401 g/mol. The van der Waals surface area contributed by atoms with E-state index in [0.29, 0.717) is 10.6 Å². The second kappa shape index (κ2) is 7.69. The summed E-state index contributed by atoms with van der Waals surface area (Å²) in [6.07, 6.45) is 0. The zero-order valence-corrected chi connectivity index (χ0v) is 17.3. The SMILES string of the molecule is Cc1ccc(NC(=O)c2c(C)c(-c3ccc(Cl)cc3)nc3ccccc23)cc1C. The van der Waals surface area contributed by atoms with Crippen molar-refractivity contribution in [1.82, 2.24) is 4.98 Å². The minimum atomic E-state index is -0.139. The van der Waals surface area contributed by atoms with Gasteiger partial charge in [-0.2, -0.15) is 0 Å². The molecular formula is C25H21ClN2O. The molecule has 0 saturated heterocycles. The standard InChI is InChI=1S/C25H21ClN2O/c1-15-8-13-20(14-16(15)2)27-25(29)23-17(3)24(18-9-11-19(26)12-10-18)28-22-7-5-4-6-21(22)23/h4-14H,1-3H3,(H,27,29). The third-order valence-electron chi connectivity index (χ3n) is 5.25. The summed E-state index contributed by atoms with van der Waals surface area (Å²) in [6, 6.07) is 21.2. The first kappa shape index (κ1) is 19.2. The van der Waals surface area contributed by atoms with Crippen molar-refractivity contribution in [2.24, 2.45) is 0 Å². The van der Waals surface area contributed by atoms with E-state index < -0.39 is 0 Å². The fourth-order valence-electron chi connectivity index (χ4n) is 3.50.